The Morgan fingerprint density at radius 3 is 2.90 bits per heavy atom. The summed E-state index contributed by atoms with van der Waals surface area (Å²) in [4.78, 5) is 12.8. The molecular weight excluding hydrogens is 302 g/mol. The first-order valence-electron chi connectivity index (χ1n) is 5.92. The maximum Gasteiger partial charge on any atom is 0.360 e. The summed E-state index contributed by atoms with van der Waals surface area (Å²) >= 11 is 7.35. The first-order valence-corrected chi connectivity index (χ1v) is 7.11. The van der Waals surface area contributed by atoms with Crippen LogP contribution >= 0.6 is 22.9 Å². The van der Waals surface area contributed by atoms with E-state index in [1.165, 1.54) is 11.3 Å². The summed E-state index contributed by atoms with van der Waals surface area (Å²) in [7, 11) is 1.54. The Labute approximate surface area is 125 Å². The lowest BCUT2D eigenvalue weighted by molar-refractivity contribution is 0.0380. The van der Waals surface area contributed by atoms with Crippen molar-refractivity contribution >= 4 is 28.9 Å². The molecule has 2 heterocycles. The molecule has 108 valence electrons. The Bertz CT molecular complexity index is 597. The predicted molar refractivity (Wildman–Crippen MR) is 75.3 cm³/mol. The number of methoxy groups -OCH3 is 1. The molecule has 0 N–H and O–H groups in total. The van der Waals surface area contributed by atoms with Crippen LogP contribution < -0.4 is 0 Å². The van der Waals surface area contributed by atoms with Gasteiger partial charge in [-0.3, -0.25) is 0 Å². The van der Waals surface area contributed by atoms with Gasteiger partial charge in [-0.2, -0.15) is 0 Å². The fourth-order valence-electron chi connectivity index (χ4n) is 1.57. The van der Waals surface area contributed by atoms with Gasteiger partial charge in [0.05, 0.1) is 23.2 Å². The first-order chi connectivity index (χ1) is 9.61. The molecule has 2 rings (SSSR count). The minimum Gasteiger partial charge on any atom is -0.458 e. The van der Waals surface area contributed by atoms with Crippen LogP contribution in [-0.2, 0) is 16.0 Å². The highest BCUT2D eigenvalue weighted by atomic mass is 35.5. The van der Waals surface area contributed by atoms with E-state index in [9.17, 15) is 4.79 Å². The van der Waals surface area contributed by atoms with Crippen LogP contribution in [0.5, 0.6) is 0 Å². The Morgan fingerprint density at radius 2 is 2.25 bits per heavy atom. The number of thiophene rings is 1. The average molecular weight is 316 g/mol. The summed E-state index contributed by atoms with van der Waals surface area (Å²) in [6.45, 7) is 2.86. The molecule has 0 radical (unpaired) electrons. The van der Waals surface area contributed by atoms with Gasteiger partial charge >= 0.3 is 5.97 Å². The summed E-state index contributed by atoms with van der Waals surface area (Å²) in [5.41, 5.74) is 0.890. The van der Waals surface area contributed by atoms with Gasteiger partial charge in [0.2, 0.25) is 0 Å². The molecule has 0 unspecified atom stereocenters. The zero-order valence-corrected chi connectivity index (χ0v) is 12.7. The van der Waals surface area contributed by atoms with Gasteiger partial charge < -0.3 is 9.47 Å². The van der Waals surface area contributed by atoms with Crippen molar-refractivity contribution in [1.29, 1.82) is 0 Å². The van der Waals surface area contributed by atoms with Gasteiger partial charge in [-0.1, -0.05) is 16.8 Å². The average Bonchev–Trinajstić information content (AvgIpc) is 2.98. The van der Waals surface area contributed by atoms with Gasteiger partial charge in [0, 0.05) is 12.0 Å². The number of esters is 1. The second kappa shape index (κ2) is 6.83. The predicted octanol–water partition coefficient (Wildman–Crippen LogP) is 2.15. The third kappa shape index (κ3) is 3.56. The quantitative estimate of drug-likeness (QED) is 0.603. The monoisotopic (exact) mass is 315 g/mol. The maximum absolute atomic E-state index is 11.8. The van der Waals surface area contributed by atoms with Crippen molar-refractivity contribution in [3.05, 3.63) is 32.7 Å². The number of hydrogen-bond acceptors (Lipinski definition) is 6. The summed E-state index contributed by atoms with van der Waals surface area (Å²) in [6.07, 6.45) is 0. The molecule has 0 atom stereocenters. The standard InChI is InChI=1S/C12H14ClN3O3S/c1-8-11(12(17)19-6-5-18-2)14-15-16(8)7-9-3-4-10(13)20-9/h3-4H,5-7H2,1-2H3. The molecule has 0 fully saturated rings. The number of aromatic nitrogens is 3. The van der Waals surface area contributed by atoms with Crippen LogP contribution in [0.15, 0.2) is 12.1 Å². The molecule has 0 aromatic carbocycles. The van der Waals surface area contributed by atoms with Gasteiger partial charge in [-0.05, 0) is 19.1 Å². The number of rotatable bonds is 6. The lowest BCUT2D eigenvalue weighted by Gasteiger charge is -2.03. The molecule has 20 heavy (non-hydrogen) atoms. The van der Waals surface area contributed by atoms with Crippen LogP contribution in [0.25, 0.3) is 0 Å². The molecule has 0 spiro atoms. The van der Waals surface area contributed by atoms with E-state index in [-0.39, 0.29) is 12.3 Å². The van der Waals surface area contributed by atoms with Gasteiger partial charge in [0.15, 0.2) is 5.69 Å². The molecule has 2 aromatic heterocycles. The van der Waals surface area contributed by atoms with E-state index in [1.54, 1.807) is 18.7 Å². The van der Waals surface area contributed by atoms with Crippen LogP contribution in [0.2, 0.25) is 4.34 Å². The van der Waals surface area contributed by atoms with E-state index in [1.807, 2.05) is 12.1 Å². The zero-order valence-electron chi connectivity index (χ0n) is 11.1. The second-order valence-corrected chi connectivity index (χ2v) is 5.82. The van der Waals surface area contributed by atoms with Crippen molar-refractivity contribution in [3.63, 3.8) is 0 Å². The van der Waals surface area contributed by atoms with Crippen LogP contribution in [0.1, 0.15) is 21.1 Å². The van der Waals surface area contributed by atoms with Crippen LogP contribution in [0, 0.1) is 6.92 Å². The van der Waals surface area contributed by atoms with E-state index in [4.69, 9.17) is 21.1 Å². The fourth-order valence-corrected chi connectivity index (χ4v) is 2.64. The van der Waals surface area contributed by atoms with Gasteiger partial charge in [0.1, 0.15) is 6.61 Å². The van der Waals surface area contributed by atoms with Crippen molar-refractivity contribution in [2.75, 3.05) is 20.3 Å². The second-order valence-electron chi connectivity index (χ2n) is 4.02. The Kier molecular flexibility index (Phi) is 5.11. The van der Waals surface area contributed by atoms with Crippen molar-refractivity contribution in [2.24, 2.45) is 0 Å². The molecule has 2 aromatic rings. The van der Waals surface area contributed by atoms with E-state index >= 15 is 0 Å². The largest absolute Gasteiger partial charge is 0.458 e. The molecule has 0 aliphatic heterocycles. The molecule has 0 saturated carbocycles. The number of carbonyl (C=O) groups excluding carboxylic acids is 1. The van der Waals surface area contributed by atoms with E-state index in [0.29, 0.717) is 18.8 Å². The summed E-state index contributed by atoms with van der Waals surface area (Å²) < 4.78 is 12.2. The van der Waals surface area contributed by atoms with Gasteiger partial charge in [-0.15, -0.1) is 16.4 Å². The van der Waals surface area contributed by atoms with E-state index < -0.39 is 5.97 Å². The molecule has 6 nitrogen and oxygen atoms in total. The SMILES string of the molecule is COCCOC(=O)c1nnn(Cc2ccc(Cl)s2)c1C. The third-order valence-corrected chi connectivity index (χ3v) is 3.85. The Morgan fingerprint density at radius 1 is 1.45 bits per heavy atom. The number of carbonyl (C=O) groups is 1. The fraction of sp³-hybridized carbons (Fsp3) is 0.417. The normalized spacial score (nSPS) is 10.8. The molecule has 0 saturated heterocycles. The molecule has 0 aliphatic carbocycles. The van der Waals surface area contributed by atoms with Gasteiger partial charge in [-0.25, -0.2) is 9.48 Å². The summed E-state index contributed by atoms with van der Waals surface area (Å²) in [6, 6.07) is 3.75. The minimum absolute atomic E-state index is 0.197. The zero-order chi connectivity index (χ0) is 14.5. The number of halogens is 1. The summed E-state index contributed by atoms with van der Waals surface area (Å²) in [5, 5.41) is 7.83. The smallest absolute Gasteiger partial charge is 0.360 e. The highest BCUT2D eigenvalue weighted by Crippen LogP contribution is 2.22. The van der Waals surface area contributed by atoms with E-state index in [2.05, 4.69) is 10.3 Å². The molecule has 0 aliphatic rings. The van der Waals surface area contributed by atoms with Crippen molar-refractivity contribution < 1.29 is 14.3 Å². The molecule has 8 heteroatoms. The van der Waals surface area contributed by atoms with Crippen molar-refractivity contribution in [2.45, 2.75) is 13.5 Å². The van der Waals surface area contributed by atoms with Crippen LogP contribution in [-0.4, -0.2) is 41.3 Å². The maximum atomic E-state index is 11.8. The number of ether oxygens (including phenoxy) is 2. The lowest BCUT2D eigenvalue weighted by Crippen LogP contribution is -2.12. The number of nitrogens with zero attached hydrogens (tertiary/aromatic N) is 3. The highest BCUT2D eigenvalue weighted by Gasteiger charge is 2.18. The summed E-state index contributed by atoms with van der Waals surface area (Å²) in [5.74, 6) is -0.491. The molecule has 0 amide bonds. The lowest BCUT2D eigenvalue weighted by atomic mass is 10.3. The van der Waals surface area contributed by atoms with Crippen LogP contribution in [0.4, 0.5) is 0 Å². The third-order valence-electron chi connectivity index (χ3n) is 2.63. The topological polar surface area (TPSA) is 66.2 Å². The van der Waals surface area contributed by atoms with Gasteiger partial charge in [0.25, 0.3) is 0 Å². The molecular formula is C12H14ClN3O3S. The molecule has 0 bridgehead atoms. The van der Waals surface area contributed by atoms with Crippen molar-refractivity contribution in [3.8, 4) is 0 Å². The Hall–Kier alpha value is -1.44. The van der Waals surface area contributed by atoms with E-state index in [0.717, 1.165) is 9.21 Å². The van der Waals surface area contributed by atoms with Crippen LogP contribution in [0.3, 0.4) is 0 Å². The Balaban J connectivity index is 2.04. The minimum atomic E-state index is -0.491. The number of hydrogen-bond donors (Lipinski definition) is 0. The highest BCUT2D eigenvalue weighted by molar-refractivity contribution is 7.16. The van der Waals surface area contributed by atoms with Crippen molar-refractivity contribution in [1.82, 2.24) is 15.0 Å². The first kappa shape index (κ1) is 15.0.